The Hall–Kier alpha value is -2.00. The van der Waals surface area contributed by atoms with Crippen molar-refractivity contribution < 1.29 is 29.6 Å². The van der Waals surface area contributed by atoms with Gasteiger partial charge in [-0.05, 0) is 19.1 Å². The van der Waals surface area contributed by atoms with Crippen molar-refractivity contribution in [3.05, 3.63) is 35.7 Å². The minimum Gasteiger partial charge on any atom is -0.462 e. The van der Waals surface area contributed by atoms with Crippen molar-refractivity contribution in [1.29, 1.82) is 0 Å². The summed E-state index contributed by atoms with van der Waals surface area (Å²) in [5.74, 6) is -0.582. The van der Waals surface area contributed by atoms with E-state index in [0.29, 0.717) is 5.52 Å². The lowest BCUT2D eigenvalue weighted by molar-refractivity contribution is -0.0243. The average molecular weight is 322 g/mol. The Bertz CT molecular complexity index is 715. The molecule has 0 amide bonds. The number of aliphatic hydroxyl groups excluding tert-OH is 3. The smallest absolute Gasteiger partial charge is 0.342 e. The quantitative estimate of drug-likeness (QED) is 0.660. The molecule has 4 atom stereocenters. The number of hydrogen-bond donors (Lipinski definition) is 3. The zero-order valence-corrected chi connectivity index (χ0v) is 12.5. The van der Waals surface area contributed by atoms with Crippen LogP contribution in [0.4, 0.5) is 0 Å². The van der Waals surface area contributed by atoms with Crippen LogP contribution in [0.1, 0.15) is 29.1 Å². The van der Waals surface area contributed by atoms with Crippen molar-refractivity contribution in [2.24, 2.45) is 0 Å². The molecule has 1 fully saturated rings. The SMILES string of the molecule is CCOC(=O)c1c([C@H]2O[C@H](CO)[C@@H](O)[C@H]2O)nn2ccccc12. The first-order valence-corrected chi connectivity index (χ1v) is 7.35. The molecule has 0 aromatic carbocycles. The Balaban J connectivity index is 2.10. The number of esters is 1. The molecule has 2 aromatic rings. The molecule has 2 aromatic heterocycles. The lowest BCUT2D eigenvalue weighted by Crippen LogP contribution is -2.32. The van der Waals surface area contributed by atoms with Crippen LogP contribution in [0, 0.1) is 0 Å². The summed E-state index contributed by atoms with van der Waals surface area (Å²) in [6, 6.07) is 5.20. The molecule has 0 unspecified atom stereocenters. The molecule has 0 spiro atoms. The van der Waals surface area contributed by atoms with Crippen molar-refractivity contribution in [1.82, 2.24) is 9.61 Å². The van der Waals surface area contributed by atoms with E-state index < -0.39 is 37.0 Å². The van der Waals surface area contributed by atoms with Gasteiger partial charge in [0, 0.05) is 6.20 Å². The predicted octanol–water partition coefficient (Wildman–Crippen LogP) is -0.335. The highest BCUT2D eigenvalue weighted by Gasteiger charge is 2.46. The first kappa shape index (κ1) is 15.9. The third-order valence-corrected chi connectivity index (χ3v) is 3.86. The molecule has 0 aliphatic carbocycles. The van der Waals surface area contributed by atoms with Gasteiger partial charge in [0.2, 0.25) is 0 Å². The van der Waals surface area contributed by atoms with Gasteiger partial charge in [-0.3, -0.25) is 0 Å². The zero-order valence-electron chi connectivity index (χ0n) is 12.5. The summed E-state index contributed by atoms with van der Waals surface area (Å²) < 4.78 is 12.0. The predicted molar refractivity (Wildman–Crippen MR) is 77.9 cm³/mol. The van der Waals surface area contributed by atoms with Crippen molar-refractivity contribution in [3.63, 3.8) is 0 Å². The maximum absolute atomic E-state index is 12.3. The molecule has 3 heterocycles. The molecule has 3 N–H and O–H groups in total. The van der Waals surface area contributed by atoms with E-state index in [-0.39, 0.29) is 17.9 Å². The van der Waals surface area contributed by atoms with E-state index in [1.807, 2.05) is 0 Å². The van der Waals surface area contributed by atoms with Gasteiger partial charge in [-0.15, -0.1) is 0 Å². The maximum Gasteiger partial charge on any atom is 0.342 e. The Labute approximate surface area is 131 Å². The molecular weight excluding hydrogens is 304 g/mol. The minimum absolute atomic E-state index is 0.178. The van der Waals surface area contributed by atoms with E-state index >= 15 is 0 Å². The van der Waals surface area contributed by atoms with E-state index in [4.69, 9.17) is 9.47 Å². The molecule has 0 radical (unpaired) electrons. The zero-order chi connectivity index (χ0) is 16.6. The number of carbonyl (C=O) groups excluding carboxylic acids is 1. The molecule has 23 heavy (non-hydrogen) atoms. The lowest BCUT2D eigenvalue weighted by Gasteiger charge is -2.13. The van der Waals surface area contributed by atoms with Gasteiger partial charge in [0.05, 0.1) is 18.7 Å². The second-order valence-corrected chi connectivity index (χ2v) is 5.27. The van der Waals surface area contributed by atoms with Gasteiger partial charge in [-0.25, -0.2) is 9.31 Å². The molecule has 3 rings (SSSR count). The van der Waals surface area contributed by atoms with Gasteiger partial charge in [0.25, 0.3) is 0 Å². The standard InChI is InChI=1S/C15H18N2O6/c1-2-22-15(21)10-8-5-3-4-6-17(8)16-11(10)14-13(20)12(19)9(7-18)23-14/h3-6,9,12-14,18-20H,2,7H2,1H3/t9-,12-,13-,14-/m1/s1. The summed E-state index contributed by atoms with van der Waals surface area (Å²) in [7, 11) is 0. The van der Waals surface area contributed by atoms with E-state index in [9.17, 15) is 20.1 Å². The fourth-order valence-corrected chi connectivity index (χ4v) is 2.75. The van der Waals surface area contributed by atoms with Gasteiger partial charge in [0.1, 0.15) is 35.7 Å². The van der Waals surface area contributed by atoms with Crippen LogP contribution in [0.15, 0.2) is 24.4 Å². The van der Waals surface area contributed by atoms with E-state index in [2.05, 4.69) is 5.10 Å². The number of aromatic nitrogens is 2. The Kier molecular flexibility index (Phi) is 4.31. The molecule has 124 valence electrons. The van der Waals surface area contributed by atoms with E-state index in [0.717, 1.165) is 0 Å². The van der Waals surface area contributed by atoms with Crippen LogP contribution in [-0.4, -0.2) is 62.4 Å². The van der Waals surface area contributed by atoms with Crippen LogP contribution in [0.25, 0.3) is 5.52 Å². The van der Waals surface area contributed by atoms with E-state index in [1.54, 1.807) is 31.3 Å². The normalized spacial score (nSPS) is 27.5. The molecule has 1 saturated heterocycles. The summed E-state index contributed by atoms with van der Waals surface area (Å²) in [5.41, 5.74) is 0.873. The highest BCUT2D eigenvalue weighted by molar-refractivity contribution is 5.98. The summed E-state index contributed by atoms with van der Waals surface area (Å²) in [4.78, 5) is 12.3. The first-order chi connectivity index (χ1) is 11.1. The molecule has 0 saturated carbocycles. The molecule has 8 heteroatoms. The molecule has 0 bridgehead atoms. The lowest BCUT2D eigenvalue weighted by atomic mass is 10.0. The summed E-state index contributed by atoms with van der Waals surface area (Å²) in [6.07, 6.45) is -2.87. The van der Waals surface area contributed by atoms with Gasteiger partial charge < -0.3 is 24.8 Å². The molecule has 8 nitrogen and oxygen atoms in total. The van der Waals surface area contributed by atoms with Crippen LogP contribution >= 0.6 is 0 Å². The molecular formula is C15H18N2O6. The third-order valence-electron chi connectivity index (χ3n) is 3.86. The maximum atomic E-state index is 12.3. The van der Waals surface area contributed by atoms with Gasteiger partial charge in [-0.2, -0.15) is 5.10 Å². The van der Waals surface area contributed by atoms with Crippen molar-refractivity contribution >= 4 is 11.5 Å². The number of fused-ring (bicyclic) bond motifs is 1. The number of carbonyl (C=O) groups is 1. The van der Waals surface area contributed by atoms with Crippen molar-refractivity contribution in [2.45, 2.75) is 31.3 Å². The van der Waals surface area contributed by atoms with Crippen LogP contribution in [0.3, 0.4) is 0 Å². The average Bonchev–Trinajstić information content (AvgIpc) is 3.06. The highest BCUT2D eigenvalue weighted by Crippen LogP contribution is 2.35. The molecule has 1 aliphatic heterocycles. The third kappa shape index (κ3) is 2.59. The molecule has 1 aliphatic rings. The van der Waals surface area contributed by atoms with Crippen molar-refractivity contribution in [3.8, 4) is 0 Å². The van der Waals surface area contributed by atoms with Crippen LogP contribution in [0.2, 0.25) is 0 Å². The second-order valence-electron chi connectivity index (χ2n) is 5.27. The Morgan fingerprint density at radius 2 is 2.17 bits per heavy atom. The summed E-state index contributed by atoms with van der Waals surface area (Å²) >= 11 is 0. The summed E-state index contributed by atoms with van der Waals surface area (Å²) in [5, 5.41) is 33.6. The number of aliphatic hydroxyl groups is 3. The van der Waals surface area contributed by atoms with Gasteiger partial charge in [0.15, 0.2) is 0 Å². The fourth-order valence-electron chi connectivity index (χ4n) is 2.75. The number of pyridine rings is 1. The Morgan fingerprint density at radius 3 is 2.83 bits per heavy atom. The fraction of sp³-hybridized carbons (Fsp3) is 0.467. The van der Waals surface area contributed by atoms with Crippen molar-refractivity contribution in [2.75, 3.05) is 13.2 Å². The number of ether oxygens (including phenoxy) is 2. The number of hydrogen-bond acceptors (Lipinski definition) is 7. The number of nitrogens with zero attached hydrogens (tertiary/aromatic N) is 2. The Morgan fingerprint density at radius 1 is 1.39 bits per heavy atom. The topological polar surface area (TPSA) is 114 Å². The van der Waals surface area contributed by atoms with Crippen LogP contribution in [-0.2, 0) is 9.47 Å². The second kappa shape index (κ2) is 6.25. The van der Waals surface area contributed by atoms with Crippen LogP contribution < -0.4 is 0 Å². The summed E-state index contributed by atoms with van der Waals surface area (Å²) in [6.45, 7) is 1.44. The first-order valence-electron chi connectivity index (χ1n) is 7.35. The monoisotopic (exact) mass is 322 g/mol. The largest absolute Gasteiger partial charge is 0.462 e. The van der Waals surface area contributed by atoms with Gasteiger partial charge in [-0.1, -0.05) is 6.07 Å². The number of rotatable bonds is 4. The minimum atomic E-state index is -1.30. The highest BCUT2D eigenvalue weighted by atomic mass is 16.6. The van der Waals surface area contributed by atoms with Gasteiger partial charge >= 0.3 is 5.97 Å². The van der Waals surface area contributed by atoms with Crippen LogP contribution in [0.5, 0.6) is 0 Å². The van der Waals surface area contributed by atoms with E-state index in [1.165, 1.54) is 4.52 Å².